The number of rotatable bonds is 2. The maximum Gasteiger partial charge on any atom is 0.157 e. The predicted molar refractivity (Wildman–Crippen MR) is 80.6 cm³/mol. The van der Waals surface area contributed by atoms with E-state index in [4.69, 9.17) is 5.73 Å². The number of pyridine rings is 1. The minimum atomic E-state index is -0.650. The van der Waals surface area contributed by atoms with Crippen LogP contribution in [0.25, 0.3) is 22.1 Å². The van der Waals surface area contributed by atoms with Gasteiger partial charge >= 0.3 is 0 Å². The highest BCUT2D eigenvalue weighted by Gasteiger charge is 2.26. The predicted octanol–water partition coefficient (Wildman–Crippen LogP) is 0.635. The van der Waals surface area contributed by atoms with Crippen LogP contribution in [0, 0.1) is 0 Å². The molecule has 7 nitrogen and oxygen atoms in total. The zero-order chi connectivity index (χ0) is 14.6. The van der Waals surface area contributed by atoms with Crippen molar-refractivity contribution in [2.24, 2.45) is 5.73 Å². The Hall–Kier alpha value is -2.12. The van der Waals surface area contributed by atoms with Crippen LogP contribution in [0.5, 0.6) is 0 Å². The molecule has 7 heteroatoms. The first-order valence-electron chi connectivity index (χ1n) is 7.18. The lowest BCUT2D eigenvalue weighted by molar-refractivity contribution is 0.184. The van der Waals surface area contributed by atoms with Crippen molar-refractivity contribution in [1.82, 2.24) is 19.6 Å². The molecule has 0 amide bonds. The zero-order valence-electron chi connectivity index (χ0n) is 11.8. The van der Waals surface area contributed by atoms with E-state index in [2.05, 4.69) is 20.0 Å². The second-order valence-corrected chi connectivity index (χ2v) is 5.65. The van der Waals surface area contributed by atoms with Crippen molar-refractivity contribution in [1.29, 1.82) is 0 Å². The number of aliphatic hydroxyl groups excluding tert-OH is 1. The Bertz CT molecular complexity index is 804. The normalized spacial score (nSPS) is 20.7. The summed E-state index contributed by atoms with van der Waals surface area (Å²) in [5.41, 5.74) is 8.63. The summed E-state index contributed by atoms with van der Waals surface area (Å²) in [6.45, 7) is 3.36. The Labute approximate surface area is 121 Å². The molecule has 0 aliphatic carbocycles. The molecule has 4 heterocycles. The molecular formula is C14H18N6O. The SMILES string of the molecule is CC(O)c1nc2cnc3[nH]ccc3c2n1N1CCC(N)C1. The van der Waals surface area contributed by atoms with Crippen LogP contribution in [0.2, 0.25) is 0 Å². The number of nitrogens with one attached hydrogen (secondary N) is 1. The molecule has 0 saturated carbocycles. The first-order valence-corrected chi connectivity index (χ1v) is 7.18. The first-order chi connectivity index (χ1) is 10.1. The van der Waals surface area contributed by atoms with Crippen LogP contribution in [-0.2, 0) is 0 Å². The lowest BCUT2D eigenvalue weighted by atomic mass is 10.3. The highest BCUT2D eigenvalue weighted by Crippen LogP contribution is 2.28. The van der Waals surface area contributed by atoms with Crippen molar-refractivity contribution >= 4 is 22.1 Å². The molecule has 0 radical (unpaired) electrons. The van der Waals surface area contributed by atoms with E-state index in [0.717, 1.165) is 41.6 Å². The monoisotopic (exact) mass is 286 g/mol. The standard InChI is InChI=1S/C14H18N6O/c1-8(21)14-18-11-6-17-13-10(2-4-16-13)12(11)20(14)19-5-3-9(15)7-19/h2,4,6,8-9,21H,3,5,7,15H2,1H3,(H,16,17). The van der Waals surface area contributed by atoms with Crippen LogP contribution in [0.1, 0.15) is 25.3 Å². The van der Waals surface area contributed by atoms with Gasteiger partial charge in [-0.25, -0.2) is 14.6 Å². The van der Waals surface area contributed by atoms with Gasteiger partial charge in [-0.15, -0.1) is 0 Å². The fourth-order valence-electron chi connectivity index (χ4n) is 3.08. The van der Waals surface area contributed by atoms with Crippen LogP contribution in [0.4, 0.5) is 0 Å². The molecule has 1 saturated heterocycles. The Morgan fingerprint density at radius 2 is 2.38 bits per heavy atom. The van der Waals surface area contributed by atoms with E-state index < -0.39 is 6.10 Å². The number of fused-ring (bicyclic) bond motifs is 3. The van der Waals surface area contributed by atoms with E-state index in [1.54, 1.807) is 13.1 Å². The largest absolute Gasteiger partial charge is 0.385 e. The fraction of sp³-hybridized carbons (Fsp3) is 0.429. The van der Waals surface area contributed by atoms with E-state index in [1.165, 1.54) is 0 Å². The highest BCUT2D eigenvalue weighted by molar-refractivity contribution is 6.01. The van der Waals surface area contributed by atoms with Crippen molar-refractivity contribution in [3.63, 3.8) is 0 Å². The third-order valence-corrected chi connectivity index (χ3v) is 4.06. The molecule has 110 valence electrons. The van der Waals surface area contributed by atoms with E-state index in [0.29, 0.717) is 5.82 Å². The minimum Gasteiger partial charge on any atom is -0.385 e. The summed E-state index contributed by atoms with van der Waals surface area (Å²) in [5, 5.41) is 13.3. The number of imidazole rings is 1. The van der Waals surface area contributed by atoms with E-state index in [-0.39, 0.29) is 6.04 Å². The second-order valence-electron chi connectivity index (χ2n) is 5.65. The van der Waals surface area contributed by atoms with Gasteiger partial charge in [-0.2, -0.15) is 0 Å². The third-order valence-electron chi connectivity index (χ3n) is 4.06. The number of aromatic nitrogens is 4. The Morgan fingerprint density at radius 3 is 3.10 bits per heavy atom. The molecule has 21 heavy (non-hydrogen) atoms. The summed E-state index contributed by atoms with van der Waals surface area (Å²) >= 11 is 0. The lowest BCUT2D eigenvalue weighted by Crippen LogP contribution is -2.36. The number of aliphatic hydroxyl groups is 1. The zero-order valence-corrected chi connectivity index (χ0v) is 11.8. The molecule has 2 unspecified atom stereocenters. The van der Waals surface area contributed by atoms with Crippen molar-refractivity contribution < 1.29 is 5.11 Å². The molecule has 1 fully saturated rings. The Balaban J connectivity index is 2.03. The number of aromatic amines is 1. The van der Waals surface area contributed by atoms with Gasteiger partial charge in [0.1, 0.15) is 22.8 Å². The summed E-state index contributed by atoms with van der Waals surface area (Å²) in [6, 6.07) is 2.15. The van der Waals surface area contributed by atoms with Gasteiger partial charge < -0.3 is 20.8 Å². The molecule has 1 aliphatic heterocycles. The first kappa shape index (κ1) is 12.6. The number of H-pyrrole nitrogens is 1. The van der Waals surface area contributed by atoms with Crippen molar-refractivity contribution in [2.75, 3.05) is 18.1 Å². The summed E-state index contributed by atoms with van der Waals surface area (Å²) < 4.78 is 2.02. The van der Waals surface area contributed by atoms with Gasteiger partial charge in [0.25, 0.3) is 0 Å². The smallest absolute Gasteiger partial charge is 0.157 e. The highest BCUT2D eigenvalue weighted by atomic mass is 16.3. The van der Waals surface area contributed by atoms with Crippen molar-refractivity contribution in [3.05, 3.63) is 24.3 Å². The van der Waals surface area contributed by atoms with E-state index >= 15 is 0 Å². The molecule has 0 bridgehead atoms. The molecule has 3 aromatic heterocycles. The van der Waals surface area contributed by atoms with Gasteiger partial charge in [-0.1, -0.05) is 0 Å². The third kappa shape index (κ3) is 1.81. The maximum absolute atomic E-state index is 10.1. The van der Waals surface area contributed by atoms with Gasteiger partial charge in [0.15, 0.2) is 5.82 Å². The molecule has 2 atom stereocenters. The van der Waals surface area contributed by atoms with Crippen LogP contribution < -0.4 is 10.7 Å². The molecule has 3 aromatic rings. The summed E-state index contributed by atoms with van der Waals surface area (Å²) in [6.07, 6.45) is 3.90. The van der Waals surface area contributed by atoms with E-state index in [9.17, 15) is 5.11 Å². The Kier molecular flexibility index (Phi) is 2.66. The summed E-state index contributed by atoms with van der Waals surface area (Å²) in [7, 11) is 0. The minimum absolute atomic E-state index is 0.160. The van der Waals surface area contributed by atoms with Gasteiger partial charge in [-0.05, 0) is 19.4 Å². The van der Waals surface area contributed by atoms with Gasteiger partial charge in [0, 0.05) is 30.7 Å². The fourth-order valence-corrected chi connectivity index (χ4v) is 3.08. The average Bonchev–Trinajstić information content (AvgIpc) is 3.12. The number of nitrogens with two attached hydrogens (primary N) is 1. The molecule has 4 N–H and O–H groups in total. The Morgan fingerprint density at radius 1 is 1.52 bits per heavy atom. The van der Waals surface area contributed by atoms with Crippen LogP contribution in [0.15, 0.2) is 18.5 Å². The molecule has 1 aliphatic rings. The van der Waals surface area contributed by atoms with Crippen LogP contribution >= 0.6 is 0 Å². The topological polar surface area (TPSA) is 96.0 Å². The van der Waals surface area contributed by atoms with Crippen molar-refractivity contribution in [2.45, 2.75) is 25.5 Å². The molecule has 4 rings (SSSR count). The van der Waals surface area contributed by atoms with Gasteiger partial charge in [-0.3, -0.25) is 0 Å². The molecule has 0 aromatic carbocycles. The van der Waals surface area contributed by atoms with Crippen LogP contribution in [0.3, 0.4) is 0 Å². The summed E-state index contributed by atoms with van der Waals surface area (Å²) in [5.74, 6) is 0.634. The van der Waals surface area contributed by atoms with E-state index in [1.807, 2.05) is 16.9 Å². The quantitative estimate of drug-likeness (QED) is 0.642. The number of nitrogens with zero attached hydrogens (tertiary/aromatic N) is 4. The number of hydrogen-bond acceptors (Lipinski definition) is 5. The molecular weight excluding hydrogens is 268 g/mol. The maximum atomic E-state index is 10.1. The second kappa shape index (κ2) is 4.44. The number of hydrogen-bond donors (Lipinski definition) is 3. The van der Waals surface area contributed by atoms with Crippen LogP contribution in [-0.4, -0.2) is 43.9 Å². The average molecular weight is 286 g/mol. The van der Waals surface area contributed by atoms with Gasteiger partial charge in [0.2, 0.25) is 0 Å². The van der Waals surface area contributed by atoms with Gasteiger partial charge in [0.05, 0.1) is 6.20 Å². The van der Waals surface area contributed by atoms with Crippen molar-refractivity contribution in [3.8, 4) is 0 Å². The molecule has 0 spiro atoms. The summed E-state index contributed by atoms with van der Waals surface area (Å²) in [4.78, 5) is 12.1. The lowest BCUT2D eigenvalue weighted by Gasteiger charge is -2.23.